The van der Waals surface area contributed by atoms with Gasteiger partial charge < -0.3 is 11.1 Å². The van der Waals surface area contributed by atoms with Crippen molar-refractivity contribution in [3.63, 3.8) is 0 Å². The summed E-state index contributed by atoms with van der Waals surface area (Å²) in [4.78, 5) is 22.0. The molecule has 2 aromatic rings. The molecule has 0 atom stereocenters. The molecular weight excluding hydrogens is 283 g/mol. The smallest absolute Gasteiger partial charge is 0.233 e. The van der Waals surface area contributed by atoms with Gasteiger partial charge in [0, 0.05) is 5.69 Å². The first kappa shape index (κ1) is 15.4. The molecule has 3 N–H and O–H groups in total. The monoisotopic (exact) mass is 298 g/mol. The van der Waals surface area contributed by atoms with Gasteiger partial charge in [0.05, 0.1) is 0 Å². The number of hydrogen-bond acceptors (Lipinski definition) is 2. The van der Waals surface area contributed by atoms with Crippen LogP contribution in [0.25, 0.3) is 12.2 Å². The maximum Gasteiger partial charge on any atom is 0.233 e. The van der Waals surface area contributed by atoms with Crippen LogP contribution < -0.4 is 11.1 Å². The highest BCUT2D eigenvalue weighted by molar-refractivity contribution is 6.03. The number of rotatable bonds is 5. The minimum Gasteiger partial charge on any atom is -0.369 e. The number of nitrogens with one attached hydrogen (secondary N) is 1. The molecule has 0 bridgehead atoms. The topological polar surface area (TPSA) is 72.2 Å². The van der Waals surface area contributed by atoms with Crippen molar-refractivity contribution in [2.45, 2.75) is 6.42 Å². The highest BCUT2D eigenvalue weighted by Crippen LogP contribution is 2.13. The summed E-state index contributed by atoms with van der Waals surface area (Å²) in [6, 6.07) is 13.3. The van der Waals surface area contributed by atoms with Gasteiger partial charge in [-0.25, -0.2) is 4.39 Å². The standard InChI is InChI=1S/C17H15FN2O2/c18-14-3-1-2-13(10-14)5-4-12-6-8-15(9-7-12)20-17(22)11-16(19)21/h1-10H,11H2,(H2,19,21)(H,20,22)/b5-4+. The van der Waals surface area contributed by atoms with E-state index in [-0.39, 0.29) is 12.2 Å². The summed E-state index contributed by atoms with van der Waals surface area (Å²) in [5.41, 5.74) is 7.18. The van der Waals surface area contributed by atoms with Crippen LogP contribution in [-0.4, -0.2) is 11.8 Å². The molecule has 0 heterocycles. The Balaban J connectivity index is 2.00. The molecule has 5 heteroatoms. The van der Waals surface area contributed by atoms with E-state index in [4.69, 9.17) is 5.73 Å². The lowest BCUT2D eigenvalue weighted by Gasteiger charge is -2.04. The second kappa shape index (κ2) is 7.17. The maximum atomic E-state index is 13.1. The van der Waals surface area contributed by atoms with Crippen LogP contribution in [0.15, 0.2) is 48.5 Å². The molecule has 0 aliphatic carbocycles. The van der Waals surface area contributed by atoms with Crippen LogP contribution in [-0.2, 0) is 9.59 Å². The van der Waals surface area contributed by atoms with Gasteiger partial charge in [-0.05, 0) is 35.4 Å². The van der Waals surface area contributed by atoms with Crippen LogP contribution in [0.4, 0.5) is 10.1 Å². The molecule has 4 nitrogen and oxygen atoms in total. The third-order valence-corrected chi connectivity index (χ3v) is 2.85. The number of benzene rings is 2. The zero-order valence-electron chi connectivity index (χ0n) is 11.8. The molecule has 0 unspecified atom stereocenters. The Hall–Kier alpha value is -2.95. The highest BCUT2D eigenvalue weighted by atomic mass is 19.1. The minimum absolute atomic E-state index is 0.283. The fourth-order valence-corrected chi connectivity index (χ4v) is 1.84. The van der Waals surface area contributed by atoms with Gasteiger partial charge in [-0.1, -0.05) is 36.4 Å². The van der Waals surface area contributed by atoms with Crippen LogP contribution in [0.5, 0.6) is 0 Å². The van der Waals surface area contributed by atoms with E-state index in [9.17, 15) is 14.0 Å². The van der Waals surface area contributed by atoms with E-state index < -0.39 is 11.8 Å². The molecule has 0 spiro atoms. The molecule has 0 aliphatic rings. The van der Waals surface area contributed by atoms with Crippen LogP contribution in [0, 0.1) is 5.82 Å². The van der Waals surface area contributed by atoms with Gasteiger partial charge in [0.2, 0.25) is 11.8 Å². The number of hydrogen-bond donors (Lipinski definition) is 2. The SMILES string of the molecule is NC(=O)CC(=O)Nc1ccc(/C=C/c2cccc(F)c2)cc1. The van der Waals surface area contributed by atoms with Crippen molar-refractivity contribution in [2.75, 3.05) is 5.32 Å². The zero-order valence-corrected chi connectivity index (χ0v) is 11.8. The van der Waals surface area contributed by atoms with Gasteiger partial charge in [-0.15, -0.1) is 0 Å². The summed E-state index contributed by atoms with van der Waals surface area (Å²) < 4.78 is 13.1. The van der Waals surface area contributed by atoms with E-state index in [1.165, 1.54) is 12.1 Å². The first-order valence-corrected chi connectivity index (χ1v) is 6.65. The zero-order chi connectivity index (χ0) is 15.9. The van der Waals surface area contributed by atoms with Crippen LogP contribution in [0.3, 0.4) is 0 Å². The fourth-order valence-electron chi connectivity index (χ4n) is 1.84. The van der Waals surface area contributed by atoms with Crippen molar-refractivity contribution in [3.8, 4) is 0 Å². The van der Waals surface area contributed by atoms with Gasteiger partial charge in [-0.2, -0.15) is 0 Å². The summed E-state index contributed by atoms with van der Waals surface area (Å²) in [7, 11) is 0. The minimum atomic E-state index is -0.674. The summed E-state index contributed by atoms with van der Waals surface area (Å²) in [6.07, 6.45) is 3.29. The molecule has 0 radical (unpaired) electrons. The summed E-state index contributed by atoms with van der Waals surface area (Å²) in [5.74, 6) is -1.41. The van der Waals surface area contributed by atoms with E-state index in [0.717, 1.165) is 11.1 Å². The lowest BCUT2D eigenvalue weighted by atomic mass is 10.1. The third-order valence-electron chi connectivity index (χ3n) is 2.85. The molecule has 0 aromatic heterocycles. The van der Waals surface area contributed by atoms with Crippen LogP contribution in [0.2, 0.25) is 0 Å². The van der Waals surface area contributed by atoms with Gasteiger partial charge in [-0.3, -0.25) is 9.59 Å². The molecule has 0 fully saturated rings. The maximum absolute atomic E-state index is 13.1. The molecule has 22 heavy (non-hydrogen) atoms. The van der Waals surface area contributed by atoms with Crippen molar-refractivity contribution in [3.05, 3.63) is 65.5 Å². The van der Waals surface area contributed by atoms with E-state index >= 15 is 0 Å². The van der Waals surface area contributed by atoms with Crippen molar-refractivity contribution in [2.24, 2.45) is 5.73 Å². The van der Waals surface area contributed by atoms with Gasteiger partial charge in [0.25, 0.3) is 0 Å². The lowest BCUT2D eigenvalue weighted by Crippen LogP contribution is -2.21. The highest BCUT2D eigenvalue weighted by Gasteiger charge is 2.05. The van der Waals surface area contributed by atoms with Crippen molar-refractivity contribution in [1.82, 2.24) is 0 Å². The largest absolute Gasteiger partial charge is 0.369 e. The Morgan fingerprint density at radius 3 is 2.36 bits per heavy atom. The number of anilines is 1. The first-order valence-electron chi connectivity index (χ1n) is 6.65. The Kier molecular flexibility index (Phi) is 5.03. The average Bonchev–Trinajstić information content (AvgIpc) is 2.46. The van der Waals surface area contributed by atoms with Crippen LogP contribution >= 0.6 is 0 Å². The summed E-state index contributed by atoms with van der Waals surface area (Å²) in [6.45, 7) is 0. The number of carbonyl (C=O) groups is 2. The Morgan fingerprint density at radius 1 is 1.05 bits per heavy atom. The lowest BCUT2D eigenvalue weighted by molar-refractivity contribution is -0.124. The summed E-state index contributed by atoms with van der Waals surface area (Å²) in [5, 5.41) is 2.57. The van der Waals surface area contributed by atoms with E-state index in [2.05, 4.69) is 5.32 Å². The summed E-state index contributed by atoms with van der Waals surface area (Å²) >= 11 is 0. The normalized spacial score (nSPS) is 10.6. The number of primary amides is 1. The van der Waals surface area contributed by atoms with Crippen LogP contribution in [0.1, 0.15) is 17.5 Å². The molecule has 2 rings (SSSR count). The average molecular weight is 298 g/mol. The van der Waals surface area contributed by atoms with E-state index in [1.807, 2.05) is 6.08 Å². The van der Waals surface area contributed by atoms with Crippen molar-refractivity contribution >= 4 is 29.7 Å². The molecule has 2 amide bonds. The number of carbonyl (C=O) groups excluding carboxylic acids is 2. The van der Waals surface area contributed by atoms with Gasteiger partial charge >= 0.3 is 0 Å². The van der Waals surface area contributed by atoms with Crippen molar-refractivity contribution < 1.29 is 14.0 Å². The third kappa shape index (κ3) is 4.86. The number of nitrogens with two attached hydrogens (primary N) is 1. The van der Waals surface area contributed by atoms with E-state index in [0.29, 0.717) is 5.69 Å². The molecule has 0 saturated carbocycles. The Labute approximate surface area is 127 Å². The molecule has 0 saturated heterocycles. The number of halogens is 1. The molecule has 0 aliphatic heterocycles. The van der Waals surface area contributed by atoms with Gasteiger partial charge in [0.15, 0.2) is 0 Å². The van der Waals surface area contributed by atoms with Crippen molar-refractivity contribution in [1.29, 1.82) is 0 Å². The van der Waals surface area contributed by atoms with E-state index in [1.54, 1.807) is 42.5 Å². The Morgan fingerprint density at radius 2 is 1.73 bits per heavy atom. The quantitative estimate of drug-likeness (QED) is 0.658. The number of amides is 2. The Bertz CT molecular complexity index is 709. The predicted molar refractivity (Wildman–Crippen MR) is 84.2 cm³/mol. The second-order valence-corrected chi connectivity index (χ2v) is 4.70. The van der Waals surface area contributed by atoms with Gasteiger partial charge in [0.1, 0.15) is 12.2 Å². The fraction of sp³-hybridized carbons (Fsp3) is 0.0588. The predicted octanol–water partition coefficient (Wildman–Crippen LogP) is 2.81. The molecular formula is C17H15FN2O2. The molecule has 2 aromatic carbocycles. The second-order valence-electron chi connectivity index (χ2n) is 4.70. The molecule has 112 valence electrons. The first-order chi connectivity index (χ1) is 10.5.